The van der Waals surface area contributed by atoms with Gasteiger partial charge in [0.2, 0.25) is 10.0 Å². The van der Waals surface area contributed by atoms with Crippen LogP contribution in [0.3, 0.4) is 0 Å². The van der Waals surface area contributed by atoms with Crippen molar-refractivity contribution in [3.63, 3.8) is 0 Å². The Morgan fingerprint density at radius 3 is 2.50 bits per heavy atom. The fourth-order valence-corrected chi connectivity index (χ4v) is 2.09. The monoisotopic (exact) mass is 217 g/mol. The van der Waals surface area contributed by atoms with Crippen LogP contribution < -0.4 is 0 Å². The molecular weight excluding hydrogens is 206 g/mol. The van der Waals surface area contributed by atoms with Crippen LogP contribution in [-0.4, -0.2) is 28.7 Å². The number of hydrogen-bond donors (Lipinski definition) is 1. The van der Waals surface area contributed by atoms with Crippen molar-refractivity contribution in [1.29, 1.82) is 0 Å². The number of nitrogens with zero attached hydrogens (tertiary/aromatic N) is 1. The molecule has 1 aromatic heterocycles. The second-order valence-electron chi connectivity index (χ2n) is 3.09. The molecule has 0 amide bonds. The highest BCUT2D eigenvalue weighted by Crippen LogP contribution is 2.11. The first-order valence-corrected chi connectivity index (χ1v) is 5.52. The number of aromatic carboxylic acids is 1. The van der Waals surface area contributed by atoms with Crippen molar-refractivity contribution >= 4 is 16.0 Å². The number of hydrogen-bond acceptors (Lipinski definition) is 3. The Morgan fingerprint density at radius 2 is 2.07 bits per heavy atom. The van der Waals surface area contributed by atoms with Gasteiger partial charge in [0.25, 0.3) is 0 Å². The van der Waals surface area contributed by atoms with Gasteiger partial charge in [-0.25, -0.2) is 17.2 Å². The minimum absolute atomic E-state index is 0.237. The van der Waals surface area contributed by atoms with E-state index in [9.17, 15) is 13.2 Å². The summed E-state index contributed by atoms with van der Waals surface area (Å²) in [5, 5.41) is 8.07. The Morgan fingerprint density at radius 1 is 1.50 bits per heavy atom. The molecule has 0 aliphatic heterocycles. The Balaban J connectivity index is 3.34. The van der Waals surface area contributed by atoms with Crippen LogP contribution in [0.1, 0.15) is 24.3 Å². The lowest BCUT2D eigenvalue weighted by molar-refractivity contribution is 0.0689. The quantitative estimate of drug-likeness (QED) is 0.811. The first-order chi connectivity index (χ1) is 6.37. The van der Waals surface area contributed by atoms with Gasteiger partial charge < -0.3 is 5.11 Å². The maximum atomic E-state index is 11.6. The summed E-state index contributed by atoms with van der Waals surface area (Å²) in [6.07, 6.45) is 1.23. The van der Waals surface area contributed by atoms with Crippen molar-refractivity contribution in [2.24, 2.45) is 0 Å². The van der Waals surface area contributed by atoms with Gasteiger partial charge in [0.05, 0.1) is 5.25 Å². The van der Waals surface area contributed by atoms with Gasteiger partial charge in [-0.1, -0.05) is 0 Å². The zero-order valence-electron chi connectivity index (χ0n) is 7.84. The maximum Gasteiger partial charge on any atom is 0.353 e. The first kappa shape index (κ1) is 10.8. The molecule has 1 N–H and O–H groups in total. The van der Waals surface area contributed by atoms with Crippen LogP contribution in [-0.2, 0) is 10.0 Å². The normalized spacial score (nSPS) is 11.9. The van der Waals surface area contributed by atoms with E-state index in [1.807, 2.05) is 0 Å². The van der Waals surface area contributed by atoms with Crippen LogP contribution in [0.2, 0.25) is 0 Å². The number of aromatic nitrogens is 1. The van der Waals surface area contributed by atoms with Gasteiger partial charge in [-0.15, -0.1) is 0 Å². The summed E-state index contributed by atoms with van der Waals surface area (Å²) in [4.78, 5) is 10.7. The van der Waals surface area contributed by atoms with Gasteiger partial charge in [-0.05, 0) is 26.0 Å². The lowest BCUT2D eigenvalue weighted by Crippen LogP contribution is -2.24. The number of carbonyl (C=O) groups is 1. The van der Waals surface area contributed by atoms with Crippen LogP contribution in [0.4, 0.5) is 0 Å². The van der Waals surface area contributed by atoms with Crippen LogP contribution in [0, 0.1) is 0 Å². The first-order valence-electron chi connectivity index (χ1n) is 4.02. The summed E-state index contributed by atoms with van der Waals surface area (Å²) in [5.41, 5.74) is -0.237. The minimum atomic E-state index is -3.57. The van der Waals surface area contributed by atoms with Gasteiger partial charge in [-0.3, -0.25) is 0 Å². The molecule has 1 aromatic rings. The Labute approximate surface area is 82.0 Å². The standard InChI is InChI=1S/C8H11NO4S/c1-6(2)14(12,13)9-5-3-4-7(9)8(10)11/h3-6H,1-2H3,(H,10,11). The van der Waals surface area contributed by atoms with Crippen LogP contribution >= 0.6 is 0 Å². The molecule has 14 heavy (non-hydrogen) atoms. The molecule has 0 spiro atoms. The van der Waals surface area contributed by atoms with Crippen LogP contribution in [0.15, 0.2) is 18.3 Å². The molecule has 0 aliphatic rings. The van der Waals surface area contributed by atoms with Gasteiger partial charge in [-0.2, -0.15) is 0 Å². The van der Waals surface area contributed by atoms with Crippen molar-refractivity contribution in [1.82, 2.24) is 3.97 Å². The smallest absolute Gasteiger partial charge is 0.353 e. The molecule has 0 saturated carbocycles. The molecule has 0 aromatic carbocycles. The molecule has 0 saturated heterocycles. The molecule has 0 aliphatic carbocycles. The third-order valence-electron chi connectivity index (χ3n) is 1.80. The van der Waals surface area contributed by atoms with Crippen molar-refractivity contribution in [2.45, 2.75) is 19.1 Å². The largest absolute Gasteiger partial charge is 0.477 e. The summed E-state index contributed by atoms with van der Waals surface area (Å²) in [6, 6.07) is 2.64. The highest BCUT2D eigenvalue weighted by molar-refractivity contribution is 7.90. The number of carboxylic acids is 1. The van der Waals surface area contributed by atoms with Gasteiger partial charge in [0.1, 0.15) is 5.69 Å². The SMILES string of the molecule is CC(C)S(=O)(=O)n1cccc1C(=O)O. The second-order valence-corrected chi connectivity index (χ2v) is 5.45. The van der Waals surface area contributed by atoms with E-state index >= 15 is 0 Å². The summed E-state index contributed by atoms with van der Waals surface area (Å²) in [6.45, 7) is 3.00. The molecule has 0 bridgehead atoms. The molecule has 0 unspecified atom stereocenters. The summed E-state index contributed by atoms with van der Waals surface area (Å²) >= 11 is 0. The summed E-state index contributed by atoms with van der Waals surface area (Å²) < 4.78 is 24.0. The molecule has 1 heterocycles. The minimum Gasteiger partial charge on any atom is -0.477 e. The average Bonchev–Trinajstić information content (AvgIpc) is 2.51. The number of rotatable bonds is 3. The third kappa shape index (κ3) is 1.65. The number of carboxylic acid groups (broad SMARTS) is 1. The van der Waals surface area contributed by atoms with E-state index in [0.717, 1.165) is 3.97 Å². The molecule has 0 radical (unpaired) electrons. The molecule has 1 rings (SSSR count). The molecule has 0 atom stereocenters. The molecule has 78 valence electrons. The van der Waals surface area contributed by atoms with E-state index in [0.29, 0.717) is 0 Å². The van der Waals surface area contributed by atoms with Crippen LogP contribution in [0.5, 0.6) is 0 Å². The zero-order valence-corrected chi connectivity index (χ0v) is 8.65. The summed E-state index contributed by atoms with van der Waals surface area (Å²) in [5.74, 6) is -1.25. The lowest BCUT2D eigenvalue weighted by atomic mass is 10.4. The van der Waals surface area contributed by atoms with Gasteiger partial charge in [0.15, 0.2) is 0 Å². The van der Waals surface area contributed by atoms with Crippen molar-refractivity contribution in [3.8, 4) is 0 Å². The molecule has 5 nitrogen and oxygen atoms in total. The Kier molecular flexibility index (Phi) is 2.66. The predicted octanol–water partition coefficient (Wildman–Crippen LogP) is 0.773. The Bertz CT molecular complexity index is 444. The lowest BCUT2D eigenvalue weighted by Gasteiger charge is -2.10. The average molecular weight is 217 g/mol. The van der Waals surface area contributed by atoms with E-state index < -0.39 is 21.2 Å². The van der Waals surface area contributed by atoms with Crippen molar-refractivity contribution in [3.05, 3.63) is 24.0 Å². The maximum absolute atomic E-state index is 11.6. The highest BCUT2D eigenvalue weighted by atomic mass is 32.2. The zero-order chi connectivity index (χ0) is 10.9. The van der Waals surface area contributed by atoms with E-state index in [1.165, 1.54) is 32.2 Å². The molecule has 6 heteroatoms. The second kappa shape index (κ2) is 3.45. The highest BCUT2D eigenvalue weighted by Gasteiger charge is 2.23. The molecular formula is C8H11NO4S. The molecule has 0 fully saturated rings. The van der Waals surface area contributed by atoms with E-state index in [-0.39, 0.29) is 5.69 Å². The summed E-state index contributed by atoms with van der Waals surface area (Å²) in [7, 11) is -3.57. The fraction of sp³-hybridized carbons (Fsp3) is 0.375. The van der Waals surface area contributed by atoms with Gasteiger partial charge in [0, 0.05) is 6.20 Å². The van der Waals surface area contributed by atoms with E-state index in [4.69, 9.17) is 5.11 Å². The third-order valence-corrected chi connectivity index (χ3v) is 3.86. The van der Waals surface area contributed by atoms with Crippen molar-refractivity contribution < 1.29 is 18.3 Å². The van der Waals surface area contributed by atoms with Crippen LogP contribution in [0.25, 0.3) is 0 Å². The Hall–Kier alpha value is -1.30. The topological polar surface area (TPSA) is 76.4 Å². The van der Waals surface area contributed by atoms with Gasteiger partial charge >= 0.3 is 5.97 Å². The predicted molar refractivity (Wildman–Crippen MR) is 50.8 cm³/mol. The van der Waals surface area contributed by atoms with E-state index in [2.05, 4.69) is 0 Å². The fourth-order valence-electron chi connectivity index (χ4n) is 0.981. The van der Waals surface area contributed by atoms with Crippen molar-refractivity contribution in [2.75, 3.05) is 0 Å². The van der Waals surface area contributed by atoms with E-state index in [1.54, 1.807) is 0 Å².